The van der Waals surface area contributed by atoms with Crippen LogP contribution in [-0.2, 0) is 16.1 Å². The van der Waals surface area contributed by atoms with E-state index in [9.17, 15) is 9.59 Å². The van der Waals surface area contributed by atoms with Gasteiger partial charge in [-0.15, -0.1) is 0 Å². The van der Waals surface area contributed by atoms with Gasteiger partial charge in [-0.1, -0.05) is 48.9 Å². The van der Waals surface area contributed by atoms with E-state index in [2.05, 4.69) is 5.32 Å². The molecule has 0 radical (unpaired) electrons. The maximum absolute atomic E-state index is 13.1. The molecule has 2 amide bonds. The molecule has 2 aromatic carbocycles. The molecule has 5 heteroatoms. The van der Waals surface area contributed by atoms with E-state index in [0.717, 1.165) is 16.7 Å². The molecular formula is C24H32N2O3. The van der Waals surface area contributed by atoms with Gasteiger partial charge in [0.05, 0.1) is 0 Å². The minimum absolute atomic E-state index is 0.0106. The number of carbonyl (C=O) groups is 2. The number of carbonyl (C=O) groups excluding carboxylic acids is 2. The van der Waals surface area contributed by atoms with Crippen LogP contribution in [0, 0.1) is 13.8 Å². The van der Waals surface area contributed by atoms with Gasteiger partial charge in [0, 0.05) is 12.6 Å². The molecule has 0 aromatic heterocycles. The van der Waals surface area contributed by atoms with E-state index in [1.54, 1.807) is 4.90 Å². The van der Waals surface area contributed by atoms with Crippen molar-refractivity contribution in [2.45, 2.75) is 59.7 Å². The third-order valence-corrected chi connectivity index (χ3v) is 4.64. The Hall–Kier alpha value is -2.82. The predicted octanol–water partition coefficient (Wildman–Crippen LogP) is 4.01. The molecule has 0 spiro atoms. The molecule has 1 N–H and O–H groups in total. The van der Waals surface area contributed by atoms with Crippen LogP contribution < -0.4 is 10.1 Å². The maximum atomic E-state index is 13.1. The zero-order valence-corrected chi connectivity index (χ0v) is 18.1. The van der Waals surface area contributed by atoms with Crippen LogP contribution in [0.15, 0.2) is 48.5 Å². The number of rotatable bonds is 9. The van der Waals surface area contributed by atoms with Gasteiger partial charge in [-0.3, -0.25) is 9.59 Å². The van der Waals surface area contributed by atoms with Crippen molar-refractivity contribution in [1.29, 1.82) is 0 Å². The summed E-state index contributed by atoms with van der Waals surface area (Å²) in [5, 5.41) is 2.93. The Bertz CT molecular complexity index is 815. The summed E-state index contributed by atoms with van der Waals surface area (Å²) in [7, 11) is 0. The largest absolute Gasteiger partial charge is 0.484 e. The highest BCUT2D eigenvalue weighted by Gasteiger charge is 2.29. The van der Waals surface area contributed by atoms with Crippen molar-refractivity contribution >= 4 is 11.8 Å². The van der Waals surface area contributed by atoms with Crippen LogP contribution in [0.2, 0.25) is 0 Å². The molecule has 2 aromatic rings. The predicted molar refractivity (Wildman–Crippen MR) is 116 cm³/mol. The summed E-state index contributed by atoms with van der Waals surface area (Å²) >= 11 is 0. The van der Waals surface area contributed by atoms with Crippen LogP contribution in [0.1, 0.15) is 43.9 Å². The highest BCUT2D eigenvalue weighted by molar-refractivity contribution is 5.88. The zero-order chi connectivity index (χ0) is 21.4. The lowest BCUT2D eigenvalue weighted by Crippen LogP contribution is -2.51. The van der Waals surface area contributed by atoms with Crippen LogP contribution in [0.25, 0.3) is 0 Å². The van der Waals surface area contributed by atoms with Crippen LogP contribution in [0.4, 0.5) is 0 Å². The molecule has 156 valence electrons. The molecule has 0 aliphatic rings. The fourth-order valence-corrected chi connectivity index (χ4v) is 3.12. The first-order valence-corrected chi connectivity index (χ1v) is 10.1. The highest BCUT2D eigenvalue weighted by Crippen LogP contribution is 2.16. The standard InChI is InChI=1S/C24H32N2O3/c1-6-22(24(28)25-17(2)3)26(15-20-12-10-18(4)11-13-20)23(27)16-29-21-9-7-8-19(5)14-21/h7-14,17,22H,6,15-16H2,1-5H3,(H,25,28). The molecule has 0 saturated heterocycles. The van der Waals surface area contributed by atoms with Gasteiger partial charge < -0.3 is 15.0 Å². The summed E-state index contributed by atoms with van der Waals surface area (Å²) in [6, 6.07) is 15.0. The molecule has 5 nitrogen and oxygen atoms in total. The fourth-order valence-electron chi connectivity index (χ4n) is 3.12. The Morgan fingerprint density at radius 3 is 2.31 bits per heavy atom. The van der Waals surface area contributed by atoms with Gasteiger partial charge in [-0.25, -0.2) is 0 Å². The van der Waals surface area contributed by atoms with E-state index < -0.39 is 6.04 Å². The van der Waals surface area contributed by atoms with Crippen molar-refractivity contribution in [2.75, 3.05) is 6.61 Å². The van der Waals surface area contributed by atoms with Gasteiger partial charge >= 0.3 is 0 Å². The van der Waals surface area contributed by atoms with E-state index in [-0.39, 0.29) is 24.5 Å². The Balaban J connectivity index is 2.20. The summed E-state index contributed by atoms with van der Waals surface area (Å²) in [4.78, 5) is 27.5. The monoisotopic (exact) mass is 396 g/mol. The molecule has 0 bridgehead atoms. The number of ether oxygens (including phenoxy) is 1. The second-order valence-electron chi connectivity index (χ2n) is 7.70. The first kappa shape index (κ1) is 22.5. The van der Waals surface area contributed by atoms with Crippen LogP contribution >= 0.6 is 0 Å². The SMILES string of the molecule is CCC(C(=O)NC(C)C)N(Cc1ccc(C)cc1)C(=O)COc1cccc(C)c1. The Morgan fingerprint density at radius 1 is 1.03 bits per heavy atom. The molecule has 2 rings (SSSR count). The van der Waals surface area contributed by atoms with Crippen LogP contribution in [0.5, 0.6) is 5.75 Å². The lowest BCUT2D eigenvalue weighted by atomic mass is 10.1. The third kappa shape index (κ3) is 6.93. The first-order chi connectivity index (χ1) is 13.8. The van der Waals surface area contributed by atoms with E-state index in [0.29, 0.717) is 18.7 Å². The van der Waals surface area contributed by atoms with Gasteiger partial charge in [-0.2, -0.15) is 0 Å². The number of hydrogen-bond acceptors (Lipinski definition) is 3. The summed E-state index contributed by atoms with van der Waals surface area (Å²) in [6.45, 7) is 9.99. The molecule has 29 heavy (non-hydrogen) atoms. The molecule has 0 aliphatic carbocycles. The molecule has 0 fully saturated rings. The molecule has 1 atom stereocenters. The number of aryl methyl sites for hydroxylation is 2. The fraction of sp³-hybridized carbons (Fsp3) is 0.417. The molecule has 0 heterocycles. The Morgan fingerprint density at radius 2 is 1.72 bits per heavy atom. The van der Waals surface area contributed by atoms with Gasteiger partial charge in [0.2, 0.25) is 5.91 Å². The van der Waals surface area contributed by atoms with Crippen molar-refractivity contribution in [3.63, 3.8) is 0 Å². The maximum Gasteiger partial charge on any atom is 0.261 e. The van der Waals surface area contributed by atoms with Gasteiger partial charge in [-0.05, 0) is 57.4 Å². The molecule has 0 aliphatic heterocycles. The molecular weight excluding hydrogens is 364 g/mol. The minimum Gasteiger partial charge on any atom is -0.484 e. The normalized spacial score (nSPS) is 11.8. The summed E-state index contributed by atoms with van der Waals surface area (Å²) in [5.41, 5.74) is 3.20. The second kappa shape index (κ2) is 10.6. The van der Waals surface area contributed by atoms with Gasteiger partial charge in [0.1, 0.15) is 11.8 Å². The number of nitrogens with zero attached hydrogens (tertiary/aromatic N) is 1. The topological polar surface area (TPSA) is 58.6 Å². The van der Waals surface area contributed by atoms with E-state index in [4.69, 9.17) is 4.74 Å². The first-order valence-electron chi connectivity index (χ1n) is 10.1. The average molecular weight is 397 g/mol. The van der Waals surface area contributed by atoms with E-state index in [1.807, 2.05) is 83.1 Å². The number of amides is 2. The zero-order valence-electron chi connectivity index (χ0n) is 18.1. The average Bonchev–Trinajstić information content (AvgIpc) is 2.67. The lowest BCUT2D eigenvalue weighted by Gasteiger charge is -2.31. The lowest BCUT2D eigenvalue weighted by molar-refractivity contribution is -0.143. The highest BCUT2D eigenvalue weighted by atomic mass is 16.5. The van der Waals surface area contributed by atoms with Gasteiger partial charge in [0.25, 0.3) is 5.91 Å². The molecule has 0 saturated carbocycles. The quantitative estimate of drug-likeness (QED) is 0.697. The summed E-state index contributed by atoms with van der Waals surface area (Å²) in [6.07, 6.45) is 0.528. The van der Waals surface area contributed by atoms with Crippen molar-refractivity contribution in [2.24, 2.45) is 0 Å². The van der Waals surface area contributed by atoms with Crippen molar-refractivity contribution in [3.05, 3.63) is 65.2 Å². The Kier molecular flexibility index (Phi) is 8.25. The van der Waals surface area contributed by atoms with E-state index in [1.165, 1.54) is 0 Å². The van der Waals surface area contributed by atoms with E-state index >= 15 is 0 Å². The second-order valence-corrected chi connectivity index (χ2v) is 7.70. The molecule has 1 unspecified atom stereocenters. The Labute approximate surface area is 174 Å². The van der Waals surface area contributed by atoms with Crippen molar-refractivity contribution in [3.8, 4) is 5.75 Å². The smallest absolute Gasteiger partial charge is 0.261 e. The van der Waals surface area contributed by atoms with Gasteiger partial charge in [0.15, 0.2) is 6.61 Å². The van der Waals surface area contributed by atoms with Crippen LogP contribution in [0.3, 0.4) is 0 Å². The number of hydrogen-bond donors (Lipinski definition) is 1. The number of benzene rings is 2. The van der Waals surface area contributed by atoms with Crippen molar-refractivity contribution < 1.29 is 14.3 Å². The van der Waals surface area contributed by atoms with Crippen LogP contribution in [-0.4, -0.2) is 35.4 Å². The third-order valence-electron chi connectivity index (χ3n) is 4.64. The number of nitrogens with one attached hydrogen (secondary N) is 1. The summed E-state index contributed by atoms with van der Waals surface area (Å²) < 4.78 is 5.72. The minimum atomic E-state index is -0.549. The summed E-state index contributed by atoms with van der Waals surface area (Å²) in [5.74, 6) is 0.296. The van der Waals surface area contributed by atoms with Crippen molar-refractivity contribution in [1.82, 2.24) is 10.2 Å².